The lowest BCUT2D eigenvalue weighted by Crippen LogP contribution is -2.39. The third-order valence-corrected chi connectivity index (χ3v) is 5.97. The van der Waals surface area contributed by atoms with E-state index in [0.29, 0.717) is 16.3 Å². The average Bonchev–Trinajstić information content (AvgIpc) is 2.81. The number of carbonyl (C=O) groups is 2. The van der Waals surface area contributed by atoms with Gasteiger partial charge >= 0.3 is 12.2 Å². The second-order valence-corrected chi connectivity index (χ2v) is 8.56. The number of carbonyl (C=O) groups excluding carboxylic acids is 2. The summed E-state index contributed by atoms with van der Waals surface area (Å²) in [5.74, 6) is 0.197. The molecule has 1 aromatic heterocycles. The van der Waals surface area contributed by atoms with Gasteiger partial charge in [0, 0.05) is 22.8 Å². The zero-order valence-corrected chi connectivity index (χ0v) is 19.8. The molecular formula is C22H17ClF3N5O4S. The summed E-state index contributed by atoms with van der Waals surface area (Å²) in [6, 6.07) is 8.56. The van der Waals surface area contributed by atoms with Gasteiger partial charge in [0.05, 0.1) is 16.3 Å². The van der Waals surface area contributed by atoms with Crippen LogP contribution in [0.3, 0.4) is 0 Å². The molecule has 1 atom stereocenters. The lowest BCUT2D eigenvalue weighted by atomic mass is 10.2. The number of anilines is 4. The summed E-state index contributed by atoms with van der Waals surface area (Å²) >= 11 is 6.90. The molecule has 0 aliphatic carbocycles. The van der Waals surface area contributed by atoms with Crippen molar-refractivity contribution in [2.24, 2.45) is 0 Å². The monoisotopic (exact) mass is 539 g/mol. The van der Waals surface area contributed by atoms with Crippen molar-refractivity contribution in [2.75, 3.05) is 27.5 Å². The van der Waals surface area contributed by atoms with Crippen molar-refractivity contribution < 1.29 is 32.6 Å². The van der Waals surface area contributed by atoms with E-state index in [2.05, 4.69) is 26.3 Å². The molecule has 5 N–H and O–H groups in total. The third kappa shape index (κ3) is 5.58. The summed E-state index contributed by atoms with van der Waals surface area (Å²) in [5, 5.41) is 19.2. The Labute approximate surface area is 211 Å². The molecular weight excluding hydrogens is 523 g/mol. The van der Waals surface area contributed by atoms with E-state index in [1.54, 1.807) is 24.5 Å². The number of fused-ring (bicyclic) bond motifs is 1. The number of nitrogens with one attached hydrogen (secondary N) is 4. The van der Waals surface area contributed by atoms with Crippen LogP contribution in [0.4, 0.5) is 40.8 Å². The molecule has 2 aromatic carbocycles. The van der Waals surface area contributed by atoms with E-state index in [9.17, 15) is 27.9 Å². The highest BCUT2D eigenvalue weighted by Gasteiger charge is 2.33. The first-order valence-electron chi connectivity index (χ1n) is 10.1. The maximum absolute atomic E-state index is 13.1. The minimum Gasteiger partial charge on any atom is -0.455 e. The molecule has 1 aliphatic rings. The SMILES string of the molecule is CSc1cc(Oc2ccnc3c2NC(=O)C(O)N3)ccc1NC(=O)Nc1ccc(Cl)c(C(F)(F)F)c1. The maximum Gasteiger partial charge on any atom is 0.417 e. The van der Waals surface area contributed by atoms with Crippen molar-refractivity contribution in [3.8, 4) is 11.5 Å². The number of aliphatic hydroxyl groups excluding tert-OH is 1. The summed E-state index contributed by atoms with van der Waals surface area (Å²) in [6.45, 7) is 0. The van der Waals surface area contributed by atoms with Gasteiger partial charge in [-0.05, 0) is 42.7 Å². The number of nitrogens with zero attached hydrogens (tertiary/aromatic N) is 1. The number of rotatable bonds is 5. The highest BCUT2D eigenvalue weighted by atomic mass is 35.5. The molecule has 1 unspecified atom stereocenters. The number of benzene rings is 2. The average molecular weight is 540 g/mol. The van der Waals surface area contributed by atoms with Gasteiger partial charge in [-0.25, -0.2) is 9.78 Å². The standard InChI is InChI=1S/C22H17ClF3N5O4S/c1-36-16-9-11(35-15-6-7-27-18-17(15)30-19(32)20(33)31-18)3-5-14(16)29-21(34)28-10-2-4-13(23)12(8-10)22(24,25)26/h2-9,20,33H,1H3,(H,27,31)(H,30,32)(H2,28,29,34). The van der Waals surface area contributed by atoms with E-state index in [1.807, 2.05) is 0 Å². The molecule has 0 radical (unpaired) electrons. The Balaban J connectivity index is 1.49. The predicted octanol–water partition coefficient (Wildman–Crippen LogP) is 5.59. The highest BCUT2D eigenvalue weighted by Crippen LogP contribution is 2.39. The first-order valence-corrected chi connectivity index (χ1v) is 11.7. The molecule has 188 valence electrons. The fourth-order valence-corrected chi connectivity index (χ4v) is 4.01. The molecule has 0 fully saturated rings. The molecule has 2 heterocycles. The lowest BCUT2D eigenvalue weighted by molar-refractivity contribution is -0.137. The number of halogens is 4. The normalized spacial score (nSPS) is 14.8. The van der Waals surface area contributed by atoms with Gasteiger partial charge in [0.15, 0.2) is 11.6 Å². The van der Waals surface area contributed by atoms with Crippen molar-refractivity contribution in [3.05, 3.63) is 59.2 Å². The van der Waals surface area contributed by atoms with Crippen molar-refractivity contribution in [3.63, 3.8) is 0 Å². The van der Waals surface area contributed by atoms with E-state index >= 15 is 0 Å². The zero-order chi connectivity index (χ0) is 26.0. The van der Waals surface area contributed by atoms with Gasteiger partial charge in [-0.2, -0.15) is 13.2 Å². The number of hydrogen-bond acceptors (Lipinski definition) is 7. The van der Waals surface area contributed by atoms with Crippen LogP contribution in [-0.2, 0) is 11.0 Å². The van der Waals surface area contributed by atoms with E-state index in [0.717, 1.165) is 12.1 Å². The van der Waals surface area contributed by atoms with Crippen LogP contribution < -0.4 is 26.0 Å². The Morgan fingerprint density at radius 2 is 1.97 bits per heavy atom. The van der Waals surface area contributed by atoms with E-state index < -0.39 is 34.9 Å². The van der Waals surface area contributed by atoms with E-state index in [4.69, 9.17) is 16.3 Å². The molecule has 1 aliphatic heterocycles. The summed E-state index contributed by atoms with van der Waals surface area (Å²) in [5.41, 5.74) is -0.515. The zero-order valence-electron chi connectivity index (χ0n) is 18.2. The molecule has 0 spiro atoms. The number of alkyl halides is 3. The molecule has 0 bridgehead atoms. The minimum absolute atomic E-state index is 0.0851. The lowest BCUT2D eigenvalue weighted by Gasteiger charge is -2.24. The summed E-state index contributed by atoms with van der Waals surface area (Å²) in [7, 11) is 0. The Kier molecular flexibility index (Phi) is 7.15. The third-order valence-electron chi connectivity index (χ3n) is 4.86. The maximum atomic E-state index is 13.1. The van der Waals surface area contributed by atoms with Gasteiger partial charge < -0.3 is 31.1 Å². The first kappa shape index (κ1) is 25.4. The Morgan fingerprint density at radius 3 is 2.69 bits per heavy atom. The number of urea groups is 1. The fraction of sp³-hybridized carbons (Fsp3) is 0.136. The highest BCUT2D eigenvalue weighted by molar-refractivity contribution is 7.98. The van der Waals surface area contributed by atoms with Gasteiger partial charge in [-0.1, -0.05) is 11.6 Å². The molecule has 4 rings (SSSR count). The Hall–Kier alpha value is -3.68. The van der Waals surface area contributed by atoms with E-state index in [-0.39, 0.29) is 22.9 Å². The van der Waals surface area contributed by atoms with Crippen molar-refractivity contribution in [1.82, 2.24) is 4.98 Å². The number of hydrogen-bond donors (Lipinski definition) is 5. The van der Waals surface area contributed by atoms with Crippen LogP contribution in [0.25, 0.3) is 0 Å². The van der Waals surface area contributed by atoms with Gasteiger partial charge in [-0.3, -0.25) is 4.79 Å². The van der Waals surface area contributed by atoms with Crippen LogP contribution in [0.5, 0.6) is 11.5 Å². The second kappa shape index (κ2) is 10.1. The Bertz CT molecular complexity index is 1340. The molecule has 9 nitrogen and oxygen atoms in total. The van der Waals surface area contributed by atoms with Gasteiger partial charge in [0.25, 0.3) is 5.91 Å². The predicted molar refractivity (Wildman–Crippen MR) is 130 cm³/mol. The Morgan fingerprint density at radius 1 is 1.19 bits per heavy atom. The molecule has 14 heteroatoms. The number of thioether (sulfide) groups is 1. The molecule has 36 heavy (non-hydrogen) atoms. The van der Waals surface area contributed by atoms with Crippen LogP contribution in [0.15, 0.2) is 53.6 Å². The first-order chi connectivity index (χ1) is 17.0. The van der Waals surface area contributed by atoms with Crippen LogP contribution in [0.1, 0.15) is 5.56 Å². The van der Waals surface area contributed by atoms with Gasteiger partial charge in [-0.15, -0.1) is 11.8 Å². The number of aliphatic hydroxyl groups is 1. The summed E-state index contributed by atoms with van der Waals surface area (Å²) in [6.07, 6.45) is -2.91. The van der Waals surface area contributed by atoms with Crippen molar-refractivity contribution in [2.45, 2.75) is 17.3 Å². The number of ether oxygens (including phenoxy) is 1. The summed E-state index contributed by atoms with van der Waals surface area (Å²) < 4.78 is 45.1. The van der Waals surface area contributed by atoms with Gasteiger partial charge in [0.2, 0.25) is 6.23 Å². The topological polar surface area (TPSA) is 125 Å². The largest absolute Gasteiger partial charge is 0.455 e. The number of pyridine rings is 1. The fourth-order valence-electron chi connectivity index (χ4n) is 3.22. The van der Waals surface area contributed by atoms with Crippen LogP contribution in [0, 0.1) is 0 Å². The smallest absolute Gasteiger partial charge is 0.417 e. The van der Waals surface area contributed by atoms with E-state index in [1.165, 1.54) is 30.1 Å². The number of aromatic nitrogens is 1. The van der Waals surface area contributed by atoms with Crippen LogP contribution in [-0.4, -0.2) is 34.5 Å². The minimum atomic E-state index is -4.67. The molecule has 0 saturated carbocycles. The second-order valence-electron chi connectivity index (χ2n) is 7.30. The molecule has 3 aromatic rings. The summed E-state index contributed by atoms with van der Waals surface area (Å²) in [4.78, 5) is 28.9. The van der Waals surface area contributed by atoms with Gasteiger partial charge in [0.1, 0.15) is 11.4 Å². The quantitative estimate of drug-likeness (QED) is 0.267. The van der Waals surface area contributed by atoms with Crippen molar-refractivity contribution >= 4 is 58.2 Å². The molecule has 3 amide bonds. The van der Waals surface area contributed by atoms with Crippen molar-refractivity contribution in [1.29, 1.82) is 0 Å². The number of amides is 3. The van der Waals surface area contributed by atoms with Crippen LogP contribution >= 0.6 is 23.4 Å². The molecule has 0 saturated heterocycles. The van der Waals surface area contributed by atoms with Crippen LogP contribution in [0.2, 0.25) is 5.02 Å².